The fraction of sp³-hybridized carbons (Fsp3) is 0.304. The highest BCUT2D eigenvalue weighted by Gasteiger charge is 2.18. The molecular weight excluding hydrogens is 336 g/mol. The van der Waals surface area contributed by atoms with Crippen LogP contribution in [-0.4, -0.2) is 10.5 Å². The van der Waals surface area contributed by atoms with E-state index in [4.69, 9.17) is 0 Å². The summed E-state index contributed by atoms with van der Waals surface area (Å²) >= 11 is 0. The zero-order valence-electron chi connectivity index (χ0n) is 16.6. The standard InChI is InChI=1S/C23H26N2O2/c1-6-25-13-20(22(26)18-9-7-8-10-21(18)25)23(27)24-17(5)19-12-15(3)14(2)11-16(19)4/h7-13,17H,6H2,1-5H3,(H,24,27)/t17-/m0/s1. The summed E-state index contributed by atoms with van der Waals surface area (Å²) < 4.78 is 1.94. The Hall–Kier alpha value is -2.88. The number of aromatic nitrogens is 1. The monoisotopic (exact) mass is 362 g/mol. The number of pyridine rings is 1. The Morgan fingerprint density at radius 3 is 2.44 bits per heavy atom. The zero-order chi connectivity index (χ0) is 19.7. The van der Waals surface area contributed by atoms with Crippen molar-refractivity contribution >= 4 is 16.8 Å². The fourth-order valence-corrected chi connectivity index (χ4v) is 3.57. The van der Waals surface area contributed by atoms with Crippen molar-refractivity contribution in [2.24, 2.45) is 0 Å². The first-order valence-corrected chi connectivity index (χ1v) is 9.34. The second-order valence-electron chi connectivity index (χ2n) is 7.16. The van der Waals surface area contributed by atoms with Crippen LogP contribution in [0.5, 0.6) is 0 Å². The number of nitrogens with zero attached hydrogens (tertiary/aromatic N) is 1. The third-order valence-electron chi connectivity index (χ3n) is 5.27. The van der Waals surface area contributed by atoms with Gasteiger partial charge in [0.1, 0.15) is 5.56 Å². The fourth-order valence-electron chi connectivity index (χ4n) is 3.57. The molecule has 0 bridgehead atoms. The smallest absolute Gasteiger partial charge is 0.257 e. The maximum absolute atomic E-state index is 12.9. The van der Waals surface area contributed by atoms with Crippen molar-refractivity contribution in [2.45, 2.75) is 47.2 Å². The van der Waals surface area contributed by atoms with Gasteiger partial charge in [0.15, 0.2) is 0 Å². The Bertz CT molecular complexity index is 1080. The van der Waals surface area contributed by atoms with E-state index >= 15 is 0 Å². The molecule has 27 heavy (non-hydrogen) atoms. The number of amides is 1. The normalized spacial score (nSPS) is 12.2. The summed E-state index contributed by atoms with van der Waals surface area (Å²) in [5, 5.41) is 3.58. The first-order valence-electron chi connectivity index (χ1n) is 9.34. The van der Waals surface area contributed by atoms with Crippen molar-refractivity contribution in [3.63, 3.8) is 0 Å². The van der Waals surface area contributed by atoms with Crippen LogP contribution in [0.4, 0.5) is 0 Å². The van der Waals surface area contributed by atoms with Gasteiger partial charge in [-0.25, -0.2) is 0 Å². The van der Waals surface area contributed by atoms with E-state index in [-0.39, 0.29) is 22.9 Å². The molecule has 0 unspecified atom stereocenters. The van der Waals surface area contributed by atoms with Gasteiger partial charge in [-0.15, -0.1) is 0 Å². The summed E-state index contributed by atoms with van der Waals surface area (Å²) in [5.41, 5.74) is 5.43. The van der Waals surface area contributed by atoms with Crippen molar-refractivity contribution in [1.29, 1.82) is 0 Å². The van der Waals surface area contributed by atoms with Gasteiger partial charge in [0.05, 0.1) is 11.6 Å². The average Bonchev–Trinajstić information content (AvgIpc) is 2.65. The van der Waals surface area contributed by atoms with Gasteiger partial charge in [-0.05, 0) is 69.0 Å². The van der Waals surface area contributed by atoms with Gasteiger partial charge < -0.3 is 9.88 Å². The number of rotatable bonds is 4. The van der Waals surface area contributed by atoms with Crippen LogP contribution >= 0.6 is 0 Å². The Balaban J connectivity index is 1.98. The number of carbonyl (C=O) groups is 1. The second kappa shape index (κ2) is 7.39. The highest BCUT2D eigenvalue weighted by molar-refractivity contribution is 5.97. The second-order valence-corrected chi connectivity index (χ2v) is 7.16. The Morgan fingerprint density at radius 1 is 1.07 bits per heavy atom. The molecule has 2 aromatic carbocycles. The van der Waals surface area contributed by atoms with Gasteiger partial charge in [0.2, 0.25) is 5.43 Å². The molecule has 0 saturated heterocycles. The minimum absolute atomic E-state index is 0.183. The van der Waals surface area contributed by atoms with Crippen molar-refractivity contribution in [1.82, 2.24) is 9.88 Å². The number of nitrogens with one attached hydrogen (secondary N) is 1. The number of aryl methyl sites for hydroxylation is 4. The summed E-state index contributed by atoms with van der Waals surface area (Å²) in [4.78, 5) is 25.7. The van der Waals surface area contributed by atoms with E-state index in [0.717, 1.165) is 16.6 Å². The number of para-hydroxylation sites is 1. The van der Waals surface area contributed by atoms with E-state index < -0.39 is 0 Å². The Kier molecular flexibility index (Phi) is 5.17. The largest absolute Gasteiger partial charge is 0.347 e. The number of hydrogen-bond donors (Lipinski definition) is 1. The van der Waals surface area contributed by atoms with Crippen molar-refractivity contribution in [3.8, 4) is 0 Å². The molecule has 1 heterocycles. The zero-order valence-corrected chi connectivity index (χ0v) is 16.6. The summed E-state index contributed by atoms with van der Waals surface area (Å²) in [6.07, 6.45) is 1.67. The molecule has 1 atom stereocenters. The minimum Gasteiger partial charge on any atom is -0.347 e. The summed E-state index contributed by atoms with van der Waals surface area (Å²) in [5.74, 6) is -0.335. The Labute approximate surface area is 159 Å². The van der Waals surface area contributed by atoms with Crippen LogP contribution < -0.4 is 10.7 Å². The number of fused-ring (bicyclic) bond motifs is 1. The average molecular weight is 362 g/mol. The molecule has 4 heteroatoms. The van der Waals surface area contributed by atoms with Gasteiger partial charge in [0.25, 0.3) is 5.91 Å². The summed E-state index contributed by atoms with van der Waals surface area (Å²) in [7, 11) is 0. The molecule has 0 fully saturated rings. The van der Waals surface area contributed by atoms with Crippen LogP contribution in [0, 0.1) is 20.8 Å². The van der Waals surface area contributed by atoms with E-state index in [1.54, 1.807) is 12.3 Å². The van der Waals surface area contributed by atoms with Crippen LogP contribution in [0.25, 0.3) is 10.9 Å². The topological polar surface area (TPSA) is 51.1 Å². The van der Waals surface area contributed by atoms with Crippen LogP contribution in [0.15, 0.2) is 47.4 Å². The first kappa shape index (κ1) is 18.9. The van der Waals surface area contributed by atoms with E-state index in [2.05, 4.69) is 31.3 Å². The lowest BCUT2D eigenvalue weighted by molar-refractivity contribution is 0.0938. The molecular formula is C23H26N2O2. The molecule has 140 valence electrons. The molecule has 3 rings (SSSR count). The lowest BCUT2D eigenvalue weighted by Crippen LogP contribution is -2.32. The number of carbonyl (C=O) groups excluding carboxylic acids is 1. The lowest BCUT2D eigenvalue weighted by atomic mass is 9.96. The molecule has 0 aliphatic carbocycles. The Morgan fingerprint density at radius 2 is 1.74 bits per heavy atom. The predicted molar refractivity (Wildman–Crippen MR) is 110 cm³/mol. The van der Waals surface area contributed by atoms with E-state index in [1.807, 2.05) is 43.5 Å². The van der Waals surface area contributed by atoms with Gasteiger partial charge in [-0.3, -0.25) is 9.59 Å². The maximum atomic E-state index is 12.9. The first-order chi connectivity index (χ1) is 12.8. The quantitative estimate of drug-likeness (QED) is 0.746. The van der Waals surface area contributed by atoms with Gasteiger partial charge >= 0.3 is 0 Å². The minimum atomic E-state index is -0.335. The number of benzene rings is 2. The maximum Gasteiger partial charge on any atom is 0.257 e. The van der Waals surface area contributed by atoms with E-state index in [9.17, 15) is 9.59 Å². The molecule has 4 nitrogen and oxygen atoms in total. The summed E-state index contributed by atoms with van der Waals surface area (Å²) in [6, 6.07) is 11.5. The van der Waals surface area contributed by atoms with Crippen molar-refractivity contribution in [3.05, 3.63) is 80.6 Å². The molecule has 0 aliphatic rings. The molecule has 1 aromatic heterocycles. The van der Waals surface area contributed by atoms with Crippen LogP contribution in [0.3, 0.4) is 0 Å². The number of hydrogen-bond acceptors (Lipinski definition) is 2. The molecule has 0 aliphatic heterocycles. The molecule has 0 saturated carbocycles. The van der Waals surface area contributed by atoms with Crippen LogP contribution in [-0.2, 0) is 6.54 Å². The third-order valence-corrected chi connectivity index (χ3v) is 5.27. The molecule has 3 aromatic rings. The van der Waals surface area contributed by atoms with Crippen molar-refractivity contribution < 1.29 is 4.79 Å². The van der Waals surface area contributed by atoms with Crippen molar-refractivity contribution in [2.75, 3.05) is 0 Å². The van der Waals surface area contributed by atoms with Gasteiger partial charge in [-0.1, -0.05) is 24.3 Å². The van der Waals surface area contributed by atoms with E-state index in [0.29, 0.717) is 11.9 Å². The molecule has 1 amide bonds. The van der Waals surface area contributed by atoms with Crippen LogP contribution in [0.1, 0.15) is 52.5 Å². The summed E-state index contributed by atoms with van der Waals surface area (Å²) in [6.45, 7) is 10.8. The lowest BCUT2D eigenvalue weighted by Gasteiger charge is -2.19. The van der Waals surface area contributed by atoms with Crippen LogP contribution in [0.2, 0.25) is 0 Å². The van der Waals surface area contributed by atoms with Gasteiger partial charge in [0, 0.05) is 18.1 Å². The van der Waals surface area contributed by atoms with Gasteiger partial charge in [-0.2, -0.15) is 0 Å². The predicted octanol–water partition coefficient (Wildman–Crippen LogP) is 4.44. The molecule has 0 radical (unpaired) electrons. The van der Waals surface area contributed by atoms with E-state index in [1.165, 1.54) is 11.1 Å². The SMILES string of the molecule is CCn1cc(C(=O)N[C@@H](C)c2cc(C)c(C)cc2C)c(=O)c2ccccc21. The molecule has 0 spiro atoms. The third kappa shape index (κ3) is 3.52. The highest BCUT2D eigenvalue weighted by Crippen LogP contribution is 2.22. The molecule has 1 N–H and O–H groups in total. The highest BCUT2D eigenvalue weighted by atomic mass is 16.2.